The first-order valence-electron chi connectivity index (χ1n) is 11.1. The summed E-state index contributed by atoms with van der Waals surface area (Å²) in [4.78, 5) is 4.95. The van der Waals surface area contributed by atoms with Crippen LogP contribution < -0.4 is 0 Å². The molecule has 2 fully saturated rings. The summed E-state index contributed by atoms with van der Waals surface area (Å²) in [7, 11) is 0. The fourth-order valence-electron chi connectivity index (χ4n) is 5.90. The van der Waals surface area contributed by atoms with Crippen LogP contribution in [0.5, 0.6) is 0 Å². The van der Waals surface area contributed by atoms with Crippen molar-refractivity contribution in [3.8, 4) is 0 Å². The van der Waals surface area contributed by atoms with E-state index in [0.717, 1.165) is 44.7 Å². The van der Waals surface area contributed by atoms with E-state index >= 15 is 0 Å². The Labute approximate surface area is 173 Å². The molecule has 2 aliphatic heterocycles. The summed E-state index contributed by atoms with van der Waals surface area (Å²) >= 11 is 0. The molecule has 0 aromatic heterocycles. The highest BCUT2D eigenvalue weighted by atomic mass is 19.1. The van der Waals surface area contributed by atoms with Crippen LogP contribution in [-0.2, 0) is 18.4 Å². The Bertz CT molecular complexity index is 844. The van der Waals surface area contributed by atoms with Crippen molar-refractivity contribution in [1.82, 2.24) is 9.80 Å². The van der Waals surface area contributed by atoms with Crippen LogP contribution in [-0.4, -0.2) is 53.2 Å². The van der Waals surface area contributed by atoms with E-state index in [9.17, 15) is 9.50 Å². The summed E-state index contributed by atoms with van der Waals surface area (Å²) in [6, 6.07) is 16.0. The molecule has 0 radical (unpaired) electrons. The molecule has 0 bridgehead atoms. The molecule has 0 unspecified atom stereocenters. The van der Waals surface area contributed by atoms with Gasteiger partial charge in [-0.25, -0.2) is 4.39 Å². The fourth-order valence-corrected chi connectivity index (χ4v) is 5.90. The van der Waals surface area contributed by atoms with Crippen molar-refractivity contribution in [2.45, 2.75) is 56.2 Å². The molecule has 154 valence electrons. The van der Waals surface area contributed by atoms with Crippen molar-refractivity contribution in [2.24, 2.45) is 0 Å². The molecule has 2 saturated heterocycles. The quantitative estimate of drug-likeness (QED) is 0.859. The Balaban J connectivity index is 1.23. The number of aliphatic hydroxyl groups is 1. The minimum Gasteiger partial charge on any atom is -0.391 e. The summed E-state index contributed by atoms with van der Waals surface area (Å²) in [5, 5.41) is 10.7. The molecule has 5 rings (SSSR count). The van der Waals surface area contributed by atoms with Gasteiger partial charge in [-0.05, 0) is 79.4 Å². The minimum atomic E-state index is -0.246. The van der Waals surface area contributed by atoms with E-state index in [4.69, 9.17) is 0 Å². The Hall–Kier alpha value is -1.75. The second-order valence-corrected chi connectivity index (χ2v) is 9.26. The van der Waals surface area contributed by atoms with Crippen LogP contribution in [0.1, 0.15) is 42.4 Å². The van der Waals surface area contributed by atoms with Crippen molar-refractivity contribution < 1.29 is 9.50 Å². The third-order valence-corrected chi connectivity index (χ3v) is 7.64. The zero-order chi connectivity index (χ0) is 19.8. The molecule has 2 aromatic carbocycles. The topological polar surface area (TPSA) is 26.7 Å². The number of piperidine rings is 2. The maximum absolute atomic E-state index is 13.2. The van der Waals surface area contributed by atoms with Crippen LogP contribution in [0.25, 0.3) is 0 Å². The molecule has 1 spiro atoms. The molecular formula is C25H31FN2O. The molecule has 2 heterocycles. The molecule has 29 heavy (non-hydrogen) atoms. The Morgan fingerprint density at radius 1 is 0.966 bits per heavy atom. The molecule has 2 atom stereocenters. The predicted molar refractivity (Wildman–Crippen MR) is 113 cm³/mol. The Kier molecular flexibility index (Phi) is 5.19. The number of hydrogen-bond acceptors (Lipinski definition) is 3. The largest absolute Gasteiger partial charge is 0.391 e. The fraction of sp³-hybridized carbons (Fsp3) is 0.520. The maximum Gasteiger partial charge on any atom is 0.123 e. The van der Waals surface area contributed by atoms with Gasteiger partial charge in [0.05, 0.1) is 6.10 Å². The number of aliphatic hydroxyl groups excluding tert-OH is 1. The van der Waals surface area contributed by atoms with Gasteiger partial charge in [0.15, 0.2) is 0 Å². The maximum atomic E-state index is 13.2. The number of halogens is 1. The van der Waals surface area contributed by atoms with Crippen molar-refractivity contribution in [3.63, 3.8) is 0 Å². The van der Waals surface area contributed by atoms with Crippen LogP contribution in [0.3, 0.4) is 0 Å². The van der Waals surface area contributed by atoms with Gasteiger partial charge < -0.3 is 5.11 Å². The van der Waals surface area contributed by atoms with Crippen LogP contribution in [0.4, 0.5) is 4.39 Å². The van der Waals surface area contributed by atoms with E-state index in [1.54, 1.807) is 11.1 Å². The van der Waals surface area contributed by atoms with Crippen LogP contribution in [0, 0.1) is 5.82 Å². The molecule has 0 amide bonds. The third kappa shape index (κ3) is 3.74. The summed E-state index contributed by atoms with van der Waals surface area (Å²) in [6.07, 6.45) is 5.47. The van der Waals surface area contributed by atoms with Crippen molar-refractivity contribution in [3.05, 3.63) is 71.0 Å². The van der Waals surface area contributed by atoms with Gasteiger partial charge in [-0.3, -0.25) is 9.80 Å². The van der Waals surface area contributed by atoms with Gasteiger partial charge in [0.2, 0.25) is 0 Å². The highest BCUT2D eigenvalue weighted by Gasteiger charge is 2.43. The van der Waals surface area contributed by atoms with E-state index < -0.39 is 0 Å². The molecule has 1 N–H and O–H groups in total. The molecule has 2 aromatic rings. The lowest BCUT2D eigenvalue weighted by Gasteiger charge is -2.47. The summed E-state index contributed by atoms with van der Waals surface area (Å²) in [6.45, 7) is 4.76. The first-order valence-corrected chi connectivity index (χ1v) is 11.1. The van der Waals surface area contributed by atoms with Crippen LogP contribution in [0.15, 0.2) is 48.5 Å². The minimum absolute atomic E-state index is 0.184. The highest BCUT2D eigenvalue weighted by Crippen LogP contribution is 2.46. The summed E-state index contributed by atoms with van der Waals surface area (Å²) in [5.74, 6) is -0.184. The number of benzene rings is 2. The smallest absolute Gasteiger partial charge is 0.123 e. The number of fused-ring (bicyclic) bond motifs is 2. The molecule has 4 heteroatoms. The second-order valence-electron chi connectivity index (χ2n) is 9.26. The number of rotatable bonds is 3. The van der Waals surface area contributed by atoms with Crippen molar-refractivity contribution in [2.75, 3.05) is 26.2 Å². The highest BCUT2D eigenvalue weighted by molar-refractivity contribution is 5.39. The summed E-state index contributed by atoms with van der Waals surface area (Å²) < 4.78 is 13.2. The number of nitrogens with zero attached hydrogens (tertiary/aromatic N) is 2. The average molecular weight is 395 g/mol. The van der Waals surface area contributed by atoms with E-state index in [0.29, 0.717) is 5.41 Å². The third-order valence-electron chi connectivity index (χ3n) is 7.64. The normalized spacial score (nSPS) is 27.2. The molecule has 0 saturated carbocycles. The van der Waals surface area contributed by atoms with E-state index in [1.807, 2.05) is 12.1 Å². The van der Waals surface area contributed by atoms with E-state index in [2.05, 4.69) is 34.1 Å². The van der Waals surface area contributed by atoms with Crippen LogP contribution >= 0.6 is 0 Å². The van der Waals surface area contributed by atoms with E-state index in [1.165, 1.54) is 37.8 Å². The van der Waals surface area contributed by atoms with Gasteiger partial charge in [0, 0.05) is 25.7 Å². The number of aryl methyl sites for hydroxylation is 1. The van der Waals surface area contributed by atoms with Crippen molar-refractivity contribution >= 4 is 0 Å². The zero-order valence-corrected chi connectivity index (χ0v) is 17.1. The second kappa shape index (κ2) is 7.82. The lowest BCUT2D eigenvalue weighted by Crippen LogP contribution is -2.57. The van der Waals surface area contributed by atoms with E-state index in [-0.39, 0.29) is 18.0 Å². The van der Waals surface area contributed by atoms with Gasteiger partial charge in [0.1, 0.15) is 5.82 Å². The van der Waals surface area contributed by atoms with Crippen LogP contribution in [0.2, 0.25) is 0 Å². The first kappa shape index (κ1) is 19.2. The molecule has 1 aliphatic carbocycles. The van der Waals surface area contributed by atoms with Crippen molar-refractivity contribution in [1.29, 1.82) is 0 Å². The Morgan fingerprint density at radius 2 is 1.72 bits per heavy atom. The number of likely N-dealkylation sites (tertiary alicyclic amines) is 2. The van der Waals surface area contributed by atoms with Gasteiger partial charge in [-0.2, -0.15) is 0 Å². The molecule has 3 aliphatic rings. The SMILES string of the molecule is O[C@@H]1CCN(Cc2ccc(F)cc2)C[C@H]1N1CCC2(CCc3ccccc32)CC1. The lowest BCUT2D eigenvalue weighted by molar-refractivity contribution is -0.0285. The average Bonchev–Trinajstić information content (AvgIpc) is 3.10. The Morgan fingerprint density at radius 3 is 2.52 bits per heavy atom. The summed E-state index contributed by atoms with van der Waals surface area (Å²) in [5.41, 5.74) is 4.63. The lowest BCUT2D eigenvalue weighted by atomic mass is 9.73. The molecule has 3 nitrogen and oxygen atoms in total. The van der Waals surface area contributed by atoms with Gasteiger partial charge in [0.25, 0.3) is 0 Å². The predicted octanol–water partition coefficient (Wildman–Crippen LogP) is 3.74. The van der Waals surface area contributed by atoms with Gasteiger partial charge >= 0.3 is 0 Å². The molecular weight excluding hydrogens is 363 g/mol. The zero-order valence-electron chi connectivity index (χ0n) is 17.1. The monoisotopic (exact) mass is 394 g/mol. The first-order chi connectivity index (χ1) is 14.1. The number of hydrogen-bond donors (Lipinski definition) is 1. The van der Waals surface area contributed by atoms with Gasteiger partial charge in [-0.15, -0.1) is 0 Å². The standard InChI is InChI=1S/C25H31FN2O/c26-21-7-5-19(6-8-21)17-27-14-10-24(29)23(18-27)28-15-12-25(13-16-28)11-9-20-3-1-2-4-22(20)25/h1-8,23-24,29H,9-18H2/t23-,24-/m1/s1. The van der Waals surface area contributed by atoms with Gasteiger partial charge in [-0.1, -0.05) is 36.4 Å².